The van der Waals surface area contributed by atoms with Crippen molar-refractivity contribution >= 4 is 16.9 Å². The van der Waals surface area contributed by atoms with Gasteiger partial charge in [-0.3, -0.25) is 4.79 Å². The van der Waals surface area contributed by atoms with Crippen LogP contribution in [0.4, 0.5) is 4.39 Å². The van der Waals surface area contributed by atoms with Crippen LogP contribution >= 0.6 is 0 Å². The quantitative estimate of drug-likeness (QED) is 0.910. The zero-order chi connectivity index (χ0) is 13.9. The molecule has 20 heavy (non-hydrogen) atoms. The second kappa shape index (κ2) is 4.06. The minimum atomic E-state index is -0.431. The molecule has 2 aromatic rings. The van der Waals surface area contributed by atoms with Crippen molar-refractivity contribution in [2.45, 2.75) is 0 Å². The summed E-state index contributed by atoms with van der Waals surface area (Å²) >= 11 is 0. The number of fused-ring (bicyclic) bond motifs is 2. The third kappa shape index (κ3) is 1.59. The fourth-order valence-corrected chi connectivity index (χ4v) is 3.46. The Bertz CT molecular complexity index is 683. The molecule has 1 aliphatic heterocycles. The lowest BCUT2D eigenvalue weighted by Crippen LogP contribution is -2.32. The number of likely N-dealkylation sites (tertiary alicyclic amines) is 1. The molecule has 2 aliphatic rings. The molecule has 1 aliphatic carbocycles. The van der Waals surface area contributed by atoms with Crippen LogP contribution in [-0.4, -0.2) is 35.6 Å². The maximum absolute atomic E-state index is 13.6. The summed E-state index contributed by atoms with van der Waals surface area (Å²) in [7, 11) is 0. The third-order valence-corrected chi connectivity index (χ3v) is 4.62. The molecule has 1 amide bonds. The van der Waals surface area contributed by atoms with Gasteiger partial charge >= 0.3 is 0 Å². The van der Waals surface area contributed by atoms with Crippen molar-refractivity contribution in [2.24, 2.45) is 17.8 Å². The van der Waals surface area contributed by atoms with E-state index in [9.17, 15) is 9.18 Å². The van der Waals surface area contributed by atoms with Crippen LogP contribution in [0.3, 0.4) is 0 Å². The molecule has 1 saturated carbocycles. The first-order valence-corrected chi connectivity index (χ1v) is 6.76. The predicted octanol–water partition coefficient (Wildman–Crippen LogP) is 1.88. The van der Waals surface area contributed by atoms with Crippen molar-refractivity contribution in [3.8, 4) is 0 Å². The Labute approximate surface area is 114 Å². The van der Waals surface area contributed by atoms with Gasteiger partial charge in [-0.05, 0) is 36.0 Å². The van der Waals surface area contributed by atoms with E-state index in [4.69, 9.17) is 9.52 Å². The Hall–Kier alpha value is -1.88. The maximum atomic E-state index is 13.6. The number of halogens is 1. The van der Waals surface area contributed by atoms with Crippen molar-refractivity contribution in [2.75, 3.05) is 19.7 Å². The van der Waals surface area contributed by atoms with Crippen molar-refractivity contribution < 1.29 is 18.7 Å². The maximum Gasteiger partial charge on any atom is 0.257 e. The molecular formula is C15H14FNO3. The van der Waals surface area contributed by atoms with Gasteiger partial charge in [-0.25, -0.2) is 4.39 Å². The molecule has 2 fully saturated rings. The zero-order valence-corrected chi connectivity index (χ0v) is 10.8. The van der Waals surface area contributed by atoms with Gasteiger partial charge in [0.1, 0.15) is 11.4 Å². The van der Waals surface area contributed by atoms with E-state index >= 15 is 0 Å². The minimum Gasteiger partial charge on any atom is -0.464 e. The van der Waals surface area contributed by atoms with Crippen LogP contribution in [0.15, 0.2) is 28.9 Å². The topological polar surface area (TPSA) is 53.7 Å². The number of amides is 1. The first-order chi connectivity index (χ1) is 9.69. The van der Waals surface area contributed by atoms with Crippen LogP contribution in [0, 0.1) is 23.6 Å². The van der Waals surface area contributed by atoms with Crippen molar-refractivity contribution in [1.29, 1.82) is 0 Å². The number of benzene rings is 1. The molecule has 1 aromatic carbocycles. The Morgan fingerprint density at radius 3 is 2.85 bits per heavy atom. The van der Waals surface area contributed by atoms with Crippen LogP contribution in [0.5, 0.6) is 0 Å². The molecule has 0 spiro atoms. The summed E-state index contributed by atoms with van der Waals surface area (Å²) in [6.07, 6.45) is 1.46. The summed E-state index contributed by atoms with van der Waals surface area (Å²) in [6, 6.07) is 4.25. The highest BCUT2D eigenvalue weighted by Gasteiger charge is 2.56. The fraction of sp³-hybridized carbons (Fsp3) is 0.400. The molecule has 104 valence electrons. The predicted molar refractivity (Wildman–Crippen MR) is 69.6 cm³/mol. The second-order valence-electron chi connectivity index (χ2n) is 5.68. The number of aliphatic hydroxyl groups excluding tert-OH is 1. The first-order valence-electron chi connectivity index (χ1n) is 6.76. The molecule has 0 bridgehead atoms. The smallest absolute Gasteiger partial charge is 0.257 e. The van der Waals surface area contributed by atoms with E-state index in [0.29, 0.717) is 41.8 Å². The molecule has 1 unspecified atom stereocenters. The normalized spacial score (nSPS) is 27.9. The number of piperidine rings is 1. The van der Waals surface area contributed by atoms with Gasteiger partial charge in [0.05, 0.1) is 11.8 Å². The van der Waals surface area contributed by atoms with Crippen molar-refractivity contribution in [3.05, 3.63) is 35.8 Å². The zero-order valence-electron chi connectivity index (χ0n) is 10.8. The lowest BCUT2D eigenvalue weighted by Gasteiger charge is -2.19. The van der Waals surface area contributed by atoms with Gasteiger partial charge in [0.25, 0.3) is 5.91 Å². The average molecular weight is 275 g/mol. The lowest BCUT2D eigenvalue weighted by atomic mass is 10.1. The molecule has 5 heteroatoms. The number of rotatable bonds is 2. The Balaban J connectivity index is 1.64. The van der Waals surface area contributed by atoms with Crippen LogP contribution in [0.2, 0.25) is 0 Å². The average Bonchev–Trinajstić information content (AvgIpc) is 2.85. The Morgan fingerprint density at radius 2 is 2.15 bits per heavy atom. The lowest BCUT2D eigenvalue weighted by molar-refractivity contribution is 0.0760. The Kier molecular flexibility index (Phi) is 2.41. The van der Waals surface area contributed by atoms with Crippen LogP contribution in [-0.2, 0) is 0 Å². The number of carbonyl (C=O) groups is 1. The van der Waals surface area contributed by atoms with E-state index in [1.54, 1.807) is 11.0 Å². The van der Waals surface area contributed by atoms with E-state index in [0.717, 1.165) is 0 Å². The molecule has 2 heterocycles. The van der Waals surface area contributed by atoms with E-state index in [-0.39, 0.29) is 18.1 Å². The van der Waals surface area contributed by atoms with Gasteiger partial charge in [0.15, 0.2) is 0 Å². The number of nitrogens with zero attached hydrogens (tertiary/aromatic N) is 1. The molecule has 4 rings (SSSR count). The summed E-state index contributed by atoms with van der Waals surface area (Å²) in [4.78, 5) is 14.2. The highest BCUT2D eigenvalue weighted by molar-refractivity contribution is 6.05. The van der Waals surface area contributed by atoms with Gasteiger partial charge in [-0.2, -0.15) is 0 Å². The molecule has 0 radical (unpaired) electrons. The highest BCUT2D eigenvalue weighted by Crippen LogP contribution is 2.51. The molecule has 1 aromatic heterocycles. The van der Waals surface area contributed by atoms with Crippen molar-refractivity contribution in [3.63, 3.8) is 0 Å². The van der Waals surface area contributed by atoms with E-state index in [1.807, 2.05) is 0 Å². The van der Waals surface area contributed by atoms with Crippen LogP contribution < -0.4 is 0 Å². The number of carbonyl (C=O) groups excluding carboxylic acids is 1. The second-order valence-corrected chi connectivity index (χ2v) is 5.68. The SMILES string of the molecule is O=C(c1cc(F)cc2ccoc12)N1C[C@@H]2C(CO)[C@@H]2C1. The number of hydrogen-bond donors (Lipinski definition) is 1. The van der Waals surface area contributed by atoms with E-state index < -0.39 is 5.82 Å². The summed E-state index contributed by atoms with van der Waals surface area (Å²) in [6.45, 7) is 1.49. The summed E-state index contributed by atoms with van der Waals surface area (Å²) in [5.74, 6) is 0.539. The largest absolute Gasteiger partial charge is 0.464 e. The minimum absolute atomic E-state index is 0.187. The monoisotopic (exact) mass is 275 g/mol. The Morgan fingerprint density at radius 1 is 1.40 bits per heavy atom. The van der Waals surface area contributed by atoms with Gasteiger partial charge < -0.3 is 14.4 Å². The van der Waals surface area contributed by atoms with Crippen LogP contribution in [0.1, 0.15) is 10.4 Å². The van der Waals surface area contributed by atoms with Gasteiger partial charge in [-0.15, -0.1) is 0 Å². The summed E-state index contributed by atoms with van der Waals surface area (Å²) in [5.41, 5.74) is 0.725. The molecule has 1 N–H and O–H groups in total. The van der Waals surface area contributed by atoms with Gasteiger partial charge in [0, 0.05) is 25.1 Å². The first kappa shape index (κ1) is 11.9. The molecule has 3 atom stereocenters. The third-order valence-electron chi connectivity index (χ3n) is 4.62. The van der Waals surface area contributed by atoms with E-state index in [1.165, 1.54) is 18.4 Å². The molecule has 4 nitrogen and oxygen atoms in total. The van der Waals surface area contributed by atoms with Gasteiger partial charge in [-0.1, -0.05) is 0 Å². The number of aliphatic hydroxyl groups is 1. The highest BCUT2D eigenvalue weighted by atomic mass is 19.1. The summed E-state index contributed by atoms with van der Waals surface area (Å²) in [5, 5.41) is 9.74. The summed E-state index contributed by atoms with van der Waals surface area (Å²) < 4.78 is 18.9. The fourth-order valence-electron chi connectivity index (χ4n) is 3.46. The standard InChI is InChI=1S/C15H14FNO3/c16-9-3-8-1-2-20-14(8)10(4-9)15(19)17-5-11-12(6-17)13(11)7-18/h1-4,11-13,18H,5-7H2/t11-,12+,13?. The van der Waals surface area contributed by atoms with Crippen LogP contribution in [0.25, 0.3) is 11.0 Å². The van der Waals surface area contributed by atoms with E-state index in [2.05, 4.69) is 0 Å². The molecule has 1 saturated heterocycles. The number of hydrogen-bond acceptors (Lipinski definition) is 3. The molecular weight excluding hydrogens is 261 g/mol. The van der Waals surface area contributed by atoms with Crippen molar-refractivity contribution in [1.82, 2.24) is 4.90 Å². The van der Waals surface area contributed by atoms with Gasteiger partial charge in [0.2, 0.25) is 0 Å². The number of furan rings is 1.